The first-order valence-electron chi connectivity index (χ1n) is 6.59. The van der Waals surface area contributed by atoms with Crippen molar-refractivity contribution in [3.63, 3.8) is 0 Å². The molecule has 0 atom stereocenters. The van der Waals surface area contributed by atoms with Gasteiger partial charge in [0.15, 0.2) is 0 Å². The number of likely N-dealkylation sites (N-methyl/N-ethyl adjacent to an activating group) is 1. The second-order valence-electron chi connectivity index (χ2n) is 5.36. The Morgan fingerprint density at radius 1 is 1.24 bits per heavy atom. The van der Waals surface area contributed by atoms with Gasteiger partial charge in [-0.1, -0.05) is 12.1 Å². The number of sulfonamides is 1. The van der Waals surface area contributed by atoms with Gasteiger partial charge < -0.3 is 10.0 Å². The number of carboxylic acids is 1. The minimum absolute atomic E-state index is 0.103. The van der Waals surface area contributed by atoms with Crippen molar-refractivity contribution < 1.29 is 18.3 Å². The number of hydrogen-bond acceptors (Lipinski definition) is 4. The average Bonchev–Trinajstić information content (AvgIpc) is 2.39. The number of hydrogen-bond donors (Lipinski definition) is 1. The molecule has 0 aromatic heterocycles. The molecule has 0 unspecified atom stereocenters. The summed E-state index contributed by atoms with van der Waals surface area (Å²) in [6.45, 7) is 5.28. The fourth-order valence-electron chi connectivity index (χ4n) is 2.08. The number of benzene rings is 1. The van der Waals surface area contributed by atoms with Crippen LogP contribution in [0.1, 0.15) is 20.8 Å². The molecular formula is C14H22N2O4S. The van der Waals surface area contributed by atoms with Gasteiger partial charge in [-0.25, -0.2) is 17.5 Å². The monoisotopic (exact) mass is 314 g/mol. The van der Waals surface area contributed by atoms with Gasteiger partial charge in [-0.2, -0.15) is 0 Å². The van der Waals surface area contributed by atoms with E-state index in [9.17, 15) is 18.3 Å². The quantitative estimate of drug-likeness (QED) is 0.863. The number of rotatable bonds is 6. The van der Waals surface area contributed by atoms with Crippen LogP contribution in [0.5, 0.6) is 0 Å². The van der Waals surface area contributed by atoms with E-state index in [2.05, 4.69) is 0 Å². The SMILES string of the molecule is CCN(c1ccccc1S(=O)(=O)N(C)C)C(C)(C)C(=O)O. The molecule has 0 amide bonds. The topological polar surface area (TPSA) is 77.9 Å². The summed E-state index contributed by atoms with van der Waals surface area (Å²) in [7, 11) is -0.752. The Morgan fingerprint density at radius 2 is 1.76 bits per heavy atom. The fourth-order valence-corrected chi connectivity index (χ4v) is 3.16. The highest BCUT2D eigenvalue weighted by molar-refractivity contribution is 7.89. The summed E-state index contributed by atoms with van der Waals surface area (Å²) >= 11 is 0. The van der Waals surface area contributed by atoms with Crippen molar-refractivity contribution in [2.24, 2.45) is 0 Å². The lowest BCUT2D eigenvalue weighted by Crippen LogP contribution is -2.51. The molecule has 0 aliphatic carbocycles. The van der Waals surface area contributed by atoms with Crippen LogP contribution in [0.4, 0.5) is 5.69 Å². The first-order chi connectivity index (χ1) is 9.56. The Labute approximate surface area is 126 Å². The van der Waals surface area contributed by atoms with E-state index in [1.807, 2.05) is 0 Å². The Morgan fingerprint density at radius 3 is 2.19 bits per heavy atom. The van der Waals surface area contributed by atoms with Gasteiger partial charge in [-0.3, -0.25) is 0 Å². The van der Waals surface area contributed by atoms with E-state index in [-0.39, 0.29) is 4.90 Å². The maximum Gasteiger partial charge on any atom is 0.328 e. The van der Waals surface area contributed by atoms with Crippen molar-refractivity contribution >= 4 is 21.7 Å². The van der Waals surface area contributed by atoms with Gasteiger partial charge in [0.05, 0.1) is 5.69 Å². The van der Waals surface area contributed by atoms with Crippen molar-refractivity contribution in [2.75, 3.05) is 25.5 Å². The number of para-hydroxylation sites is 1. The molecule has 0 fully saturated rings. The zero-order valence-electron chi connectivity index (χ0n) is 13.0. The van der Waals surface area contributed by atoms with Crippen LogP contribution in [0.3, 0.4) is 0 Å². The lowest BCUT2D eigenvalue weighted by atomic mass is 10.0. The number of anilines is 1. The fraction of sp³-hybridized carbons (Fsp3) is 0.500. The Balaban J connectivity index is 3.54. The minimum atomic E-state index is -3.65. The van der Waals surface area contributed by atoms with Crippen LogP contribution in [0.15, 0.2) is 29.2 Å². The molecule has 0 bridgehead atoms. The lowest BCUT2D eigenvalue weighted by Gasteiger charge is -2.37. The van der Waals surface area contributed by atoms with Gasteiger partial charge in [0.2, 0.25) is 10.0 Å². The minimum Gasteiger partial charge on any atom is -0.480 e. The highest BCUT2D eigenvalue weighted by atomic mass is 32.2. The van der Waals surface area contributed by atoms with E-state index < -0.39 is 21.5 Å². The van der Waals surface area contributed by atoms with Crippen molar-refractivity contribution in [2.45, 2.75) is 31.2 Å². The summed E-state index contributed by atoms with van der Waals surface area (Å²) in [5.41, 5.74) is -0.826. The maximum absolute atomic E-state index is 12.4. The van der Waals surface area contributed by atoms with E-state index >= 15 is 0 Å². The molecule has 21 heavy (non-hydrogen) atoms. The molecule has 0 radical (unpaired) electrons. The zero-order chi connectivity index (χ0) is 16.4. The van der Waals surface area contributed by atoms with Gasteiger partial charge in [0, 0.05) is 20.6 Å². The third kappa shape index (κ3) is 3.19. The second kappa shape index (κ2) is 6.03. The highest BCUT2D eigenvalue weighted by Gasteiger charge is 2.36. The van der Waals surface area contributed by atoms with Crippen LogP contribution >= 0.6 is 0 Å². The Kier molecular flexibility index (Phi) is 5.01. The molecule has 118 valence electrons. The molecule has 0 aliphatic rings. The summed E-state index contributed by atoms with van der Waals surface area (Å²) in [5.74, 6) is -1.01. The molecule has 1 aromatic carbocycles. The predicted octanol–water partition coefficient (Wildman–Crippen LogP) is 1.63. The van der Waals surface area contributed by atoms with Crippen LogP contribution in [0, 0.1) is 0 Å². The second-order valence-corrected chi connectivity index (χ2v) is 7.48. The molecule has 0 saturated heterocycles. The van der Waals surface area contributed by atoms with E-state index in [0.29, 0.717) is 12.2 Å². The third-order valence-electron chi connectivity index (χ3n) is 3.43. The first kappa shape index (κ1) is 17.5. The van der Waals surface area contributed by atoms with Crippen LogP contribution < -0.4 is 4.90 Å². The molecule has 6 nitrogen and oxygen atoms in total. The molecule has 0 heterocycles. The number of carbonyl (C=O) groups is 1. The molecular weight excluding hydrogens is 292 g/mol. The normalized spacial score (nSPS) is 12.5. The average molecular weight is 314 g/mol. The molecule has 0 spiro atoms. The van der Waals surface area contributed by atoms with Crippen molar-refractivity contribution in [3.05, 3.63) is 24.3 Å². The van der Waals surface area contributed by atoms with Crippen LogP contribution in [0.2, 0.25) is 0 Å². The zero-order valence-corrected chi connectivity index (χ0v) is 13.8. The standard InChI is InChI=1S/C14H22N2O4S/c1-6-16(14(2,3)13(17)18)11-9-7-8-10-12(11)21(19,20)15(4)5/h7-10H,6H2,1-5H3,(H,17,18). The first-order valence-corrected chi connectivity index (χ1v) is 8.03. The summed E-state index contributed by atoms with van der Waals surface area (Å²) in [5, 5.41) is 9.41. The summed E-state index contributed by atoms with van der Waals surface area (Å²) < 4.78 is 26.0. The molecule has 1 rings (SSSR count). The van der Waals surface area contributed by atoms with Gasteiger partial charge >= 0.3 is 5.97 Å². The molecule has 1 N–H and O–H groups in total. The van der Waals surface area contributed by atoms with Crippen molar-refractivity contribution in [1.82, 2.24) is 4.31 Å². The highest BCUT2D eigenvalue weighted by Crippen LogP contribution is 2.31. The van der Waals surface area contributed by atoms with E-state index in [0.717, 1.165) is 4.31 Å². The lowest BCUT2D eigenvalue weighted by molar-refractivity contribution is -0.142. The predicted molar refractivity (Wildman–Crippen MR) is 82.0 cm³/mol. The third-order valence-corrected chi connectivity index (χ3v) is 5.29. The molecule has 0 aliphatic heterocycles. The van der Waals surface area contributed by atoms with Crippen LogP contribution in [0.25, 0.3) is 0 Å². The maximum atomic E-state index is 12.4. The number of carboxylic acid groups (broad SMARTS) is 1. The Bertz CT molecular complexity index is 624. The summed E-state index contributed by atoms with van der Waals surface area (Å²) in [6.07, 6.45) is 0. The van der Waals surface area contributed by atoms with E-state index in [4.69, 9.17) is 0 Å². The van der Waals surface area contributed by atoms with E-state index in [1.165, 1.54) is 20.2 Å². The van der Waals surface area contributed by atoms with Gasteiger partial charge in [0.1, 0.15) is 10.4 Å². The van der Waals surface area contributed by atoms with E-state index in [1.54, 1.807) is 43.9 Å². The van der Waals surface area contributed by atoms with Gasteiger partial charge in [-0.15, -0.1) is 0 Å². The van der Waals surface area contributed by atoms with Crippen molar-refractivity contribution in [3.8, 4) is 0 Å². The van der Waals surface area contributed by atoms with Gasteiger partial charge in [-0.05, 0) is 32.9 Å². The van der Waals surface area contributed by atoms with Gasteiger partial charge in [0.25, 0.3) is 0 Å². The Hall–Kier alpha value is -1.60. The summed E-state index contributed by atoms with van der Waals surface area (Å²) in [6, 6.07) is 6.45. The summed E-state index contributed by atoms with van der Waals surface area (Å²) in [4.78, 5) is 13.2. The molecule has 7 heteroatoms. The van der Waals surface area contributed by atoms with Crippen LogP contribution in [-0.2, 0) is 14.8 Å². The smallest absolute Gasteiger partial charge is 0.328 e. The van der Waals surface area contributed by atoms with Crippen LogP contribution in [-0.4, -0.2) is 50.0 Å². The number of nitrogens with zero attached hydrogens (tertiary/aromatic N) is 2. The molecule has 0 saturated carbocycles. The number of aliphatic carboxylic acids is 1. The largest absolute Gasteiger partial charge is 0.480 e. The molecule has 1 aromatic rings. The van der Waals surface area contributed by atoms with Crippen molar-refractivity contribution in [1.29, 1.82) is 0 Å².